The number of aromatic nitrogens is 4. The quantitative estimate of drug-likeness (QED) is 0.297. The molecule has 0 aliphatic carbocycles. The fourth-order valence-corrected chi connectivity index (χ4v) is 6.19. The van der Waals surface area contributed by atoms with Gasteiger partial charge in [-0.05, 0) is 93.9 Å². The van der Waals surface area contributed by atoms with E-state index in [1.807, 2.05) is 18.7 Å². The Labute approximate surface area is 234 Å². The summed E-state index contributed by atoms with van der Waals surface area (Å²) in [6.45, 7) is 36.9. The van der Waals surface area contributed by atoms with E-state index < -0.39 is 0 Å². The first-order valence-electron chi connectivity index (χ1n) is 13.9. The lowest BCUT2D eigenvalue weighted by Crippen LogP contribution is -2.17. The lowest BCUT2D eigenvalue weighted by atomic mass is 9.80. The number of hydrogen-bond acceptors (Lipinski definition) is 3. The Morgan fingerprint density at radius 3 is 1.16 bits per heavy atom. The van der Waals surface area contributed by atoms with E-state index in [2.05, 4.69) is 138 Å². The Kier molecular flexibility index (Phi) is 10.7. The maximum Gasteiger partial charge on any atom is 0.125 e. The van der Waals surface area contributed by atoms with Crippen molar-refractivity contribution in [2.75, 3.05) is 0 Å². The van der Waals surface area contributed by atoms with E-state index >= 15 is 0 Å². The lowest BCUT2D eigenvalue weighted by molar-refractivity contribution is 0.571. The fourth-order valence-electron chi connectivity index (χ4n) is 6.19. The number of aryl methyl sites for hydroxylation is 8. The maximum atomic E-state index is 4.39. The summed E-state index contributed by atoms with van der Waals surface area (Å²) in [5, 5.41) is 4.39. The molecule has 4 heteroatoms. The molecule has 0 saturated heterocycles. The lowest BCUT2D eigenvalue weighted by Gasteiger charge is -2.24. The van der Waals surface area contributed by atoms with E-state index in [9.17, 15) is 0 Å². The standard InChI is InChI=1S/C13H20.C11H18N2.C10H18N2/c1-9-7-10(2)12(11(3)8-9)13(4,5)6;1-7-10(11(4,5)6)8(2)13-9(3)12-7;1-7-9(10(3,4)5)8(2)12(6)11-7/h7-8H,1-6H3;1-6H3;1-6H3. The average Bonchev–Trinajstić information content (AvgIpc) is 2.90. The summed E-state index contributed by atoms with van der Waals surface area (Å²) in [5.74, 6) is 0.864. The van der Waals surface area contributed by atoms with Crippen LogP contribution in [0.1, 0.15) is 124 Å². The van der Waals surface area contributed by atoms with Crippen LogP contribution in [0.25, 0.3) is 0 Å². The van der Waals surface area contributed by atoms with Gasteiger partial charge in [-0.15, -0.1) is 0 Å². The van der Waals surface area contributed by atoms with Gasteiger partial charge >= 0.3 is 0 Å². The number of hydrogen-bond donors (Lipinski definition) is 0. The van der Waals surface area contributed by atoms with Gasteiger partial charge in [0.1, 0.15) is 5.82 Å². The van der Waals surface area contributed by atoms with Crippen LogP contribution in [0.15, 0.2) is 12.1 Å². The van der Waals surface area contributed by atoms with Crippen molar-refractivity contribution in [2.24, 2.45) is 7.05 Å². The SMILES string of the molecule is Cc1cc(C)c(C(C)(C)C)c(C)c1.Cc1nc(C)c(C(C)(C)C)c(C)n1.Cc1nn(C)c(C)c1C(C)(C)C. The van der Waals surface area contributed by atoms with Gasteiger partial charge in [0.05, 0.1) is 5.69 Å². The number of rotatable bonds is 0. The van der Waals surface area contributed by atoms with Gasteiger partial charge in [-0.2, -0.15) is 5.10 Å². The zero-order valence-electron chi connectivity index (χ0n) is 27.9. The van der Waals surface area contributed by atoms with Crippen LogP contribution in [-0.2, 0) is 23.3 Å². The molecule has 0 fully saturated rings. The third-order valence-corrected chi connectivity index (χ3v) is 6.82. The highest BCUT2D eigenvalue weighted by molar-refractivity contribution is 5.41. The molecule has 0 amide bonds. The molecule has 212 valence electrons. The zero-order valence-corrected chi connectivity index (χ0v) is 27.9. The summed E-state index contributed by atoms with van der Waals surface area (Å²) in [7, 11) is 2.00. The van der Waals surface area contributed by atoms with Crippen LogP contribution in [0.2, 0.25) is 0 Å². The molecule has 0 unspecified atom stereocenters. The second kappa shape index (κ2) is 12.1. The van der Waals surface area contributed by atoms with Crippen LogP contribution in [-0.4, -0.2) is 19.7 Å². The van der Waals surface area contributed by atoms with Gasteiger partial charge < -0.3 is 0 Å². The third kappa shape index (κ3) is 8.78. The summed E-state index contributed by atoms with van der Waals surface area (Å²) < 4.78 is 1.95. The van der Waals surface area contributed by atoms with Crippen molar-refractivity contribution in [2.45, 2.75) is 134 Å². The van der Waals surface area contributed by atoms with Crippen LogP contribution in [0, 0.1) is 55.4 Å². The Morgan fingerprint density at radius 2 is 0.895 bits per heavy atom. The molecule has 1 aromatic carbocycles. The molecule has 38 heavy (non-hydrogen) atoms. The summed E-state index contributed by atoms with van der Waals surface area (Å²) in [6, 6.07) is 4.54. The molecular weight excluding hydrogens is 464 g/mol. The van der Waals surface area contributed by atoms with Crippen LogP contribution in [0.5, 0.6) is 0 Å². The smallest absolute Gasteiger partial charge is 0.125 e. The molecule has 0 spiro atoms. The summed E-state index contributed by atoms with van der Waals surface area (Å²) in [4.78, 5) is 8.78. The zero-order chi connectivity index (χ0) is 30.0. The van der Waals surface area contributed by atoms with Crippen molar-refractivity contribution < 1.29 is 0 Å². The molecule has 0 N–H and O–H groups in total. The summed E-state index contributed by atoms with van der Waals surface area (Å²) >= 11 is 0. The van der Waals surface area contributed by atoms with Gasteiger partial charge in [0.2, 0.25) is 0 Å². The normalized spacial score (nSPS) is 11.9. The fraction of sp³-hybridized carbons (Fsp3) is 0.618. The summed E-state index contributed by atoms with van der Waals surface area (Å²) in [6.07, 6.45) is 0. The van der Waals surface area contributed by atoms with E-state index in [1.54, 1.807) is 0 Å². The Hall–Kier alpha value is -2.49. The molecule has 2 heterocycles. The Balaban J connectivity index is 0.000000285. The van der Waals surface area contributed by atoms with Crippen LogP contribution < -0.4 is 0 Å². The molecule has 4 nitrogen and oxygen atoms in total. The molecule has 0 aliphatic heterocycles. The van der Waals surface area contributed by atoms with Gasteiger partial charge in [0.15, 0.2) is 0 Å². The monoisotopic (exact) mass is 520 g/mol. The van der Waals surface area contributed by atoms with Gasteiger partial charge in [-0.25, -0.2) is 9.97 Å². The van der Waals surface area contributed by atoms with E-state index in [-0.39, 0.29) is 16.2 Å². The topological polar surface area (TPSA) is 43.6 Å². The van der Waals surface area contributed by atoms with Gasteiger partial charge in [-0.3, -0.25) is 4.68 Å². The van der Waals surface area contributed by atoms with Crippen LogP contribution in [0.4, 0.5) is 0 Å². The molecule has 0 aliphatic rings. The molecule has 3 aromatic rings. The first-order valence-corrected chi connectivity index (χ1v) is 13.9. The Morgan fingerprint density at radius 1 is 0.526 bits per heavy atom. The van der Waals surface area contributed by atoms with Gasteiger partial charge in [0, 0.05) is 29.7 Å². The second-order valence-electron chi connectivity index (χ2n) is 14.0. The largest absolute Gasteiger partial charge is 0.272 e. The Bertz CT molecular complexity index is 1130. The van der Waals surface area contributed by atoms with Gasteiger partial charge in [0.25, 0.3) is 0 Å². The third-order valence-electron chi connectivity index (χ3n) is 6.82. The highest BCUT2D eigenvalue weighted by Crippen LogP contribution is 2.30. The van der Waals surface area contributed by atoms with E-state index in [0.717, 1.165) is 22.9 Å². The highest BCUT2D eigenvalue weighted by atomic mass is 15.3. The second-order valence-corrected chi connectivity index (χ2v) is 14.0. The molecule has 0 saturated carbocycles. The maximum absolute atomic E-state index is 4.39. The van der Waals surface area contributed by atoms with Crippen LogP contribution >= 0.6 is 0 Å². The van der Waals surface area contributed by atoms with Crippen LogP contribution in [0.3, 0.4) is 0 Å². The summed E-state index contributed by atoms with van der Waals surface area (Å²) in [5.41, 5.74) is 13.6. The van der Waals surface area contributed by atoms with Crippen molar-refractivity contribution in [3.63, 3.8) is 0 Å². The van der Waals surface area contributed by atoms with Gasteiger partial charge in [-0.1, -0.05) is 80.0 Å². The number of nitrogens with zero attached hydrogens (tertiary/aromatic N) is 4. The van der Waals surface area contributed by atoms with Crippen molar-refractivity contribution in [1.82, 2.24) is 19.7 Å². The molecule has 0 radical (unpaired) electrons. The molecular formula is C34H56N4. The minimum Gasteiger partial charge on any atom is -0.272 e. The van der Waals surface area contributed by atoms with Crippen molar-refractivity contribution >= 4 is 0 Å². The minimum absolute atomic E-state index is 0.141. The first-order chi connectivity index (χ1) is 17.0. The number of benzene rings is 1. The highest BCUT2D eigenvalue weighted by Gasteiger charge is 2.22. The van der Waals surface area contributed by atoms with Crippen molar-refractivity contribution in [3.8, 4) is 0 Å². The first kappa shape index (κ1) is 33.5. The average molecular weight is 521 g/mol. The molecule has 0 bridgehead atoms. The molecule has 0 atom stereocenters. The predicted octanol–water partition coefficient (Wildman–Crippen LogP) is 8.94. The van der Waals surface area contributed by atoms with E-state index in [4.69, 9.17) is 0 Å². The molecule has 2 aromatic heterocycles. The minimum atomic E-state index is 0.141. The van der Waals surface area contributed by atoms with E-state index in [1.165, 1.54) is 39.1 Å². The van der Waals surface area contributed by atoms with Crippen molar-refractivity contribution in [1.29, 1.82) is 0 Å². The van der Waals surface area contributed by atoms with E-state index in [0.29, 0.717) is 0 Å². The molecule has 3 rings (SSSR count). The van der Waals surface area contributed by atoms with Crippen molar-refractivity contribution in [3.05, 3.63) is 74.1 Å². The predicted molar refractivity (Wildman–Crippen MR) is 166 cm³/mol.